The first kappa shape index (κ1) is 17.0. The topological polar surface area (TPSA) is 58.9 Å². The van der Waals surface area contributed by atoms with Crippen molar-refractivity contribution < 1.29 is 0 Å². The molecule has 5 rings (SSSR count). The molecule has 140 valence electrons. The predicted octanol–water partition coefficient (Wildman–Crippen LogP) is 2.88. The van der Waals surface area contributed by atoms with Gasteiger partial charge in [-0.25, -0.2) is 4.98 Å². The molecule has 7 heteroatoms. The van der Waals surface area contributed by atoms with Gasteiger partial charge in [0.1, 0.15) is 16.7 Å². The lowest BCUT2D eigenvalue weighted by atomic mass is 9.95. The van der Waals surface area contributed by atoms with Gasteiger partial charge in [-0.2, -0.15) is 0 Å². The summed E-state index contributed by atoms with van der Waals surface area (Å²) >= 11 is 1.74. The lowest BCUT2D eigenvalue weighted by Gasteiger charge is -2.31. The van der Waals surface area contributed by atoms with Crippen LogP contribution in [-0.4, -0.2) is 44.3 Å². The van der Waals surface area contributed by atoms with Crippen molar-refractivity contribution in [2.24, 2.45) is 0 Å². The molecule has 0 radical (unpaired) electrons. The van der Waals surface area contributed by atoms with Crippen molar-refractivity contribution in [1.82, 2.24) is 30.0 Å². The van der Waals surface area contributed by atoms with Crippen LogP contribution in [0, 0.1) is 0 Å². The Hall–Kier alpha value is -2.09. The third kappa shape index (κ3) is 3.54. The van der Waals surface area contributed by atoms with Gasteiger partial charge in [0.25, 0.3) is 0 Å². The minimum Gasteiger partial charge on any atom is -0.312 e. The molecule has 0 aliphatic carbocycles. The Balaban J connectivity index is 1.20. The second-order valence-corrected chi connectivity index (χ2v) is 8.22. The Bertz CT molecular complexity index is 894. The monoisotopic (exact) mass is 380 g/mol. The Kier molecular flexibility index (Phi) is 4.73. The van der Waals surface area contributed by atoms with E-state index >= 15 is 0 Å². The molecule has 1 aromatic carbocycles. The number of fused-ring (bicyclic) bond motifs is 1. The summed E-state index contributed by atoms with van der Waals surface area (Å²) in [7, 11) is 0. The summed E-state index contributed by atoms with van der Waals surface area (Å²) in [6.07, 6.45) is 2.31. The van der Waals surface area contributed by atoms with Crippen LogP contribution >= 0.6 is 11.3 Å². The number of aromatic nitrogens is 4. The van der Waals surface area contributed by atoms with Crippen molar-refractivity contribution in [3.05, 3.63) is 53.1 Å². The highest BCUT2D eigenvalue weighted by molar-refractivity contribution is 7.13. The minimum atomic E-state index is 0.538. The molecule has 2 aliphatic heterocycles. The van der Waals surface area contributed by atoms with Crippen molar-refractivity contribution in [2.45, 2.75) is 38.4 Å². The molecule has 0 unspecified atom stereocenters. The highest BCUT2D eigenvalue weighted by Crippen LogP contribution is 2.29. The summed E-state index contributed by atoms with van der Waals surface area (Å²) in [5.41, 5.74) is 2.39. The van der Waals surface area contributed by atoms with E-state index < -0.39 is 0 Å². The molecule has 1 fully saturated rings. The maximum atomic E-state index is 4.84. The quantitative estimate of drug-likeness (QED) is 0.754. The average molecular weight is 381 g/mol. The molecular weight excluding hydrogens is 356 g/mol. The molecule has 1 N–H and O–H groups in total. The number of piperidine rings is 1. The molecule has 1 saturated heterocycles. The summed E-state index contributed by atoms with van der Waals surface area (Å²) < 4.78 is 2.34. The van der Waals surface area contributed by atoms with Crippen LogP contribution in [0.15, 0.2) is 35.7 Å². The van der Waals surface area contributed by atoms with E-state index in [1.165, 1.54) is 17.1 Å². The van der Waals surface area contributed by atoms with Crippen LogP contribution in [0.4, 0.5) is 0 Å². The van der Waals surface area contributed by atoms with E-state index in [1.54, 1.807) is 11.3 Å². The fourth-order valence-electron chi connectivity index (χ4n) is 4.09. The van der Waals surface area contributed by atoms with Crippen molar-refractivity contribution in [1.29, 1.82) is 0 Å². The van der Waals surface area contributed by atoms with E-state index in [1.807, 2.05) is 6.07 Å². The van der Waals surface area contributed by atoms with Crippen LogP contribution in [0.2, 0.25) is 0 Å². The first-order chi connectivity index (χ1) is 13.4. The Morgan fingerprint density at radius 3 is 2.78 bits per heavy atom. The predicted molar refractivity (Wildman–Crippen MR) is 107 cm³/mol. The highest BCUT2D eigenvalue weighted by atomic mass is 32.1. The second kappa shape index (κ2) is 7.50. The van der Waals surface area contributed by atoms with Gasteiger partial charge in [-0.05, 0) is 25.9 Å². The second-order valence-electron chi connectivity index (χ2n) is 7.36. The van der Waals surface area contributed by atoms with Crippen molar-refractivity contribution >= 4 is 11.3 Å². The number of nitrogens with one attached hydrogen (secondary N) is 1. The molecule has 2 aliphatic rings. The SMILES string of the molecule is c1ccc(-c2nc(CN3CCC(c4nnc5n4CCNC5)CC3)cs2)cc1. The maximum absolute atomic E-state index is 4.84. The van der Waals surface area contributed by atoms with Gasteiger partial charge in [-0.1, -0.05) is 30.3 Å². The molecule has 3 aromatic rings. The summed E-state index contributed by atoms with van der Waals surface area (Å²) in [6, 6.07) is 10.4. The fraction of sp³-hybridized carbons (Fsp3) is 0.450. The number of hydrogen-bond donors (Lipinski definition) is 1. The van der Waals surface area contributed by atoms with Gasteiger partial charge in [-0.15, -0.1) is 21.5 Å². The number of benzene rings is 1. The molecule has 27 heavy (non-hydrogen) atoms. The molecule has 2 aromatic heterocycles. The zero-order valence-corrected chi connectivity index (χ0v) is 16.2. The molecular formula is C20H24N6S. The molecule has 0 spiro atoms. The largest absolute Gasteiger partial charge is 0.312 e. The Morgan fingerprint density at radius 1 is 1.07 bits per heavy atom. The first-order valence-electron chi connectivity index (χ1n) is 9.72. The van der Waals surface area contributed by atoms with E-state index in [2.05, 4.69) is 54.6 Å². The van der Waals surface area contributed by atoms with Crippen LogP contribution in [0.3, 0.4) is 0 Å². The molecule has 0 bridgehead atoms. The van der Waals surface area contributed by atoms with E-state index in [0.29, 0.717) is 5.92 Å². The van der Waals surface area contributed by atoms with E-state index in [4.69, 9.17) is 4.98 Å². The Morgan fingerprint density at radius 2 is 1.93 bits per heavy atom. The molecule has 0 saturated carbocycles. The van der Waals surface area contributed by atoms with Crippen molar-refractivity contribution in [3.63, 3.8) is 0 Å². The summed E-state index contributed by atoms with van der Waals surface area (Å²) in [5, 5.41) is 15.6. The minimum absolute atomic E-state index is 0.538. The van der Waals surface area contributed by atoms with Crippen LogP contribution in [0.1, 0.15) is 36.1 Å². The van der Waals surface area contributed by atoms with Gasteiger partial charge in [0.15, 0.2) is 0 Å². The summed E-state index contributed by atoms with van der Waals surface area (Å²) in [5.74, 6) is 2.83. The molecule has 0 atom stereocenters. The van der Waals surface area contributed by atoms with Gasteiger partial charge in [0, 0.05) is 36.5 Å². The lowest BCUT2D eigenvalue weighted by Crippen LogP contribution is -2.34. The maximum Gasteiger partial charge on any atom is 0.147 e. The molecule has 4 heterocycles. The normalized spacial score (nSPS) is 18.5. The van der Waals surface area contributed by atoms with E-state index in [9.17, 15) is 0 Å². The number of likely N-dealkylation sites (tertiary alicyclic amines) is 1. The summed E-state index contributed by atoms with van der Waals surface area (Å²) in [4.78, 5) is 7.37. The van der Waals surface area contributed by atoms with Crippen LogP contribution in [-0.2, 0) is 19.6 Å². The van der Waals surface area contributed by atoms with Gasteiger partial charge in [0.2, 0.25) is 0 Å². The number of hydrogen-bond acceptors (Lipinski definition) is 6. The van der Waals surface area contributed by atoms with Gasteiger partial charge in [-0.3, -0.25) is 4.90 Å². The fourth-order valence-corrected chi connectivity index (χ4v) is 4.90. The number of rotatable bonds is 4. The smallest absolute Gasteiger partial charge is 0.147 e. The lowest BCUT2D eigenvalue weighted by molar-refractivity contribution is 0.198. The van der Waals surface area contributed by atoms with Crippen LogP contribution < -0.4 is 5.32 Å². The van der Waals surface area contributed by atoms with Gasteiger partial charge >= 0.3 is 0 Å². The Labute approximate surface area is 163 Å². The zero-order chi connectivity index (χ0) is 18.1. The number of thiazole rings is 1. The third-order valence-electron chi connectivity index (χ3n) is 5.56. The molecule has 6 nitrogen and oxygen atoms in total. The highest BCUT2D eigenvalue weighted by Gasteiger charge is 2.27. The van der Waals surface area contributed by atoms with Crippen LogP contribution in [0.25, 0.3) is 10.6 Å². The molecule has 0 amide bonds. The van der Waals surface area contributed by atoms with E-state index in [0.717, 1.165) is 62.9 Å². The average Bonchev–Trinajstić information content (AvgIpc) is 3.37. The summed E-state index contributed by atoms with van der Waals surface area (Å²) in [6.45, 7) is 6.01. The van der Waals surface area contributed by atoms with E-state index in [-0.39, 0.29) is 0 Å². The van der Waals surface area contributed by atoms with Gasteiger partial charge in [0.05, 0.1) is 12.2 Å². The standard InChI is InChI=1S/C20H24N6S/c1-2-4-16(5-3-1)20-22-17(14-27-20)13-25-9-6-15(7-10-25)19-24-23-18-12-21-8-11-26(18)19/h1-5,14-15,21H,6-13H2. The number of nitrogens with zero attached hydrogens (tertiary/aromatic N) is 5. The van der Waals surface area contributed by atoms with Crippen molar-refractivity contribution in [3.8, 4) is 10.6 Å². The van der Waals surface area contributed by atoms with Gasteiger partial charge < -0.3 is 9.88 Å². The van der Waals surface area contributed by atoms with Crippen molar-refractivity contribution in [2.75, 3.05) is 19.6 Å². The van der Waals surface area contributed by atoms with Crippen LogP contribution in [0.5, 0.6) is 0 Å². The zero-order valence-electron chi connectivity index (χ0n) is 15.3. The third-order valence-corrected chi connectivity index (χ3v) is 6.50. The first-order valence-corrected chi connectivity index (χ1v) is 10.6.